The molecule has 2 heterocycles. The lowest BCUT2D eigenvalue weighted by molar-refractivity contribution is 0.314. The Kier molecular flexibility index (Phi) is 2.23. The predicted molar refractivity (Wildman–Crippen MR) is 70.0 cm³/mol. The van der Waals surface area contributed by atoms with E-state index in [2.05, 4.69) is 76.0 Å². The number of hydrogen-bond donors (Lipinski definition) is 1. The number of hydrazine groups is 1. The number of rotatable bonds is 2. The van der Waals surface area contributed by atoms with Crippen LogP contribution < -0.4 is 5.32 Å². The maximum absolute atomic E-state index is 3.67. The van der Waals surface area contributed by atoms with Crippen molar-refractivity contribution >= 4 is 0 Å². The van der Waals surface area contributed by atoms with E-state index in [9.17, 15) is 0 Å². The van der Waals surface area contributed by atoms with Crippen LogP contribution in [-0.4, -0.2) is 16.7 Å². The first-order chi connectivity index (χ1) is 8.93. The van der Waals surface area contributed by atoms with Crippen molar-refractivity contribution in [3.63, 3.8) is 0 Å². The van der Waals surface area contributed by atoms with Gasteiger partial charge in [0.1, 0.15) is 12.3 Å². The van der Waals surface area contributed by atoms with Gasteiger partial charge >= 0.3 is 0 Å². The molecule has 2 saturated heterocycles. The molecule has 0 aromatic heterocycles. The molecule has 3 heteroatoms. The summed E-state index contributed by atoms with van der Waals surface area (Å²) in [6.07, 6.45) is 0.632. The first kappa shape index (κ1) is 10.3. The van der Waals surface area contributed by atoms with E-state index >= 15 is 0 Å². The second-order valence-electron chi connectivity index (χ2n) is 4.81. The lowest BCUT2D eigenvalue weighted by Crippen LogP contribution is -2.26. The van der Waals surface area contributed by atoms with Gasteiger partial charge in [0, 0.05) is 0 Å². The number of hydrogen-bond acceptors (Lipinski definition) is 3. The Morgan fingerprint density at radius 3 is 1.61 bits per heavy atom. The van der Waals surface area contributed by atoms with Crippen LogP contribution in [0.4, 0.5) is 0 Å². The van der Waals surface area contributed by atoms with Crippen molar-refractivity contribution in [1.29, 1.82) is 0 Å². The fraction of sp³-hybridized carbons (Fsp3) is 0.200. The smallest absolute Gasteiger partial charge is 0.103 e. The molecule has 2 aliphatic heterocycles. The lowest BCUT2D eigenvalue weighted by atomic mass is 10.1. The molecule has 18 heavy (non-hydrogen) atoms. The third-order valence-electron chi connectivity index (χ3n) is 3.68. The van der Waals surface area contributed by atoms with E-state index in [1.165, 1.54) is 11.1 Å². The van der Waals surface area contributed by atoms with E-state index in [4.69, 9.17) is 0 Å². The van der Waals surface area contributed by atoms with Gasteiger partial charge in [-0.25, -0.2) is 10.0 Å². The molecule has 2 fully saturated rings. The van der Waals surface area contributed by atoms with Gasteiger partial charge in [0.2, 0.25) is 0 Å². The van der Waals surface area contributed by atoms with E-state index < -0.39 is 0 Å². The standard InChI is InChI=1S/C15H15N3/c1-3-7-12(8-4-1)14-16-15(18-11-17(14)18)13-9-5-2-6-10-13/h1-10,14-16H,11H2/t14?,15?,17-,18+. The molecule has 3 nitrogen and oxygen atoms in total. The van der Waals surface area contributed by atoms with Crippen molar-refractivity contribution in [2.24, 2.45) is 0 Å². The third kappa shape index (κ3) is 1.56. The Hall–Kier alpha value is -1.68. The van der Waals surface area contributed by atoms with Gasteiger partial charge < -0.3 is 0 Å². The first-order valence-corrected chi connectivity index (χ1v) is 6.32. The predicted octanol–water partition coefficient (Wildman–Crippen LogP) is 2.48. The van der Waals surface area contributed by atoms with Gasteiger partial charge in [0.15, 0.2) is 0 Å². The van der Waals surface area contributed by atoms with Crippen molar-refractivity contribution in [2.45, 2.75) is 12.3 Å². The average Bonchev–Trinajstić information content (AvgIpc) is 3.15. The molecular formula is C15H15N3. The fourth-order valence-corrected chi connectivity index (χ4v) is 2.71. The minimum atomic E-state index is 0.316. The second-order valence-corrected chi connectivity index (χ2v) is 4.81. The molecule has 0 saturated carbocycles. The van der Waals surface area contributed by atoms with Gasteiger partial charge in [0.05, 0.1) is 6.67 Å². The molecular weight excluding hydrogens is 222 g/mol. The molecule has 2 aromatic carbocycles. The van der Waals surface area contributed by atoms with Crippen molar-refractivity contribution < 1.29 is 0 Å². The Morgan fingerprint density at radius 2 is 1.17 bits per heavy atom. The quantitative estimate of drug-likeness (QED) is 0.809. The zero-order valence-electron chi connectivity index (χ0n) is 10.0. The van der Waals surface area contributed by atoms with Crippen LogP contribution in [-0.2, 0) is 0 Å². The van der Waals surface area contributed by atoms with E-state index in [-0.39, 0.29) is 0 Å². The molecule has 0 aliphatic carbocycles. The van der Waals surface area contributed by atoms with E-state index in [0.717, 1.165) is 6.67 Å². The summed E-state index contributed by atoms with van der Waals surface area (Å²) in [5, 5.41) is 8.41. The molecule has 0 spiro atoms. The van der Waals surface area contributed by atoms with Crippen LogP contribution >= 0.6 is 0 Å². The number of fused-ring (bicyclic) bond motifs is 1. The summed E-state index contributed by atoms with van der Waals surface area (Å²) in [5.41, 5.74) is 2.66. The number of benzene rings is 2. The monoisotopic (exact) mass is 237 g/mol. The molecule has 0 amide bonds. The molecule has 2 unspecified atom stereocenters. The highest BCUT2D eigenvalue weighted by molar-refractivity contribution is 5.25. The average molecular weight is 237 g/mol. The Morgan fingerprint density at radius 1 is 0.722 bits per heavy atom. The van der Waals surface area contributed by atoms with Crippen LogP contribution in [0.25, 0.3) is 0 Å². The van der Waals surface area contributed by atoms with Gasteiger partial charge in [-0.3, -0.25) is 5.32 Å². The fourth-order valence-electron chi connectivity index (χ4n) is 2.71. The largest absolute Gasteiger partial charge is 0.276 e. The van der Waals surface area contributed by atoms with Gasteiger partial charge in [-0.2, -0.15) is 0 Å². The first-order valence-electron chi connectivity index (χ1n) is 6.32. The van der Waals surface area contributed by atoms with Crippen LogP contribution in [0.3, 0.4) is 0 Å². The van der Waals surface area contributed by atoms with Crippen LogP contribution in [0.2, 0.25) is 0 Å². The van der Waals surface area contributed by atoms with E-state index in [0.29, 0.717) is 12.3 Å². The summed E-state index contributed by atoms with van der Waals surface area (Å²) < 4.78 is 0. The summed E-state index contributed by atoms with van der Waals surface area (Å²) in [5.74, 6) is 0. The minimum absolute atomic E-state index is 0.316. The van der Waals surface area contributed by atoms with Crippen LogP contribution in [0.15, 0.2) is 60.7 Å². The molecule has 1 N–H and O–H groups in total. The molecule has 90 valence electrons. The molecule has 4 rings (SSSR count). The Bertz CT molecular complexity index is 491. The highest BCUT2D eigenvalue weighted by Gasteiger charge is 2.50. The summed E-state index contributed by atoms with van der Waals surface area (Å²) in [6, 6.07) is 21.2. The normalized spacial score (nSPS) is 33.1. The lowest BCUT2D eigenvalue weighted by Gasteiger charge is -2.17. The summed E-state index contributed by atoms with van der Waals surface area (Å²) in [6.45, 7) is 1.05. The Balaban J connectivity index is 1.62. The van der Waals surface area contributed by atoms with Crippen molar-refractivity contribution in [1.82, 2.24) is 15.3 Å². The molecule has 0 bridgehead atoms. The molecule has 2 aliphatic rings. The van der Waals surface area contributed by atoms with E-state index in [1.807, 2.05) is 0 Å². The Labute approximate surface area is 107 Å². The topological polar surface area (TPSA) is 18.0 Å². The second kappa shape index (κ2) is 3.92. The number of nitrogens with zero attached hydrogens (tertiary/aromatic N) is 2. The SMILES string of the molecule is c1ccc(C2NC(c3ccccc3)[N@]3C[N@]23)cc1. The molecule has 2 aromatic rings. The maximum atomic E-state index is 3.67. The maximum Gasteiger partial charge on any atom is 0.103 e. The van der Waals surface area contributed by atoms with Crippen molar-refractivity contribution in [3.05, 3.63) is 71.8 Å². The van der Waals surface area contributed by atoms with Gasteiger partial charge in [-0.15, -0.1) is 0 Å². The van der Waals surface area contributed by atoms with E-state index in [1.54, 1.807) is 0 Å². The number of nitrogens with one attached hydrogen (secondary N) is 1. The van der Waals surface area contributed by atoms with Gasteiger partial charge in [0.25, 0.3) is 0 Å². The summed E-state index contributed by atoms with van der Waals surface area (Å²) in [4.78, 5) is 0. The zero-order chi connectivity index (χ0) is 11.9. The molecule has 4 atom stereocenters. The van der Waals surface area contributed by atoms with Crippen LogP contribution in [0.1, 0.15) is 23.5 Å². The minimum Gasteiger partial charge on any atom is -0.276 e. The summed E-state index contributed by atoms with van der Waals surface area (Å²) >= 11 is 0. The highest BCUT2D eigenvalue weighted by atomic mass is 15.9. The van der Waals surface area contributed by atoms with Crippen molar-refractivity contribution in [2.75, 3.05) is 6.67 Å². The third-order valence-corrected chi connectivity index (χ3v) is 3.68. The summed E-state index contributed by atoms with van der Waals surface area (Å²) in [7, 11) is 0. The van der Waals surface area contributed by atoms with Crippen LogP contribution in [0.5, 0.6) is 0 Å². The molecule has 0 radical (unpaired) electrons. The van der Waals surface area contributed by atoms with Crippen molar-refractivity contribution in [3.8, 4) is 0 Å². The van der Waals surface area contributed by atoms with Gasteiger partial charge in [-0.05, 0) is 11.1 Å². The van der Waals surface area contributed by atoms with Crippen LogP contribution in [0, 0.1) is 0 Å². The van der Waals surface area contributed by atoms with Gasteiger partial charge in [-0.1, -0.05) is 60.7 Å². The highest BCUT2D eigenvalue weighted by Crippen LogP contribution is 2.43. The zero-order valence-corrected chi connectivity index (χ0v) is 10.0.